The highest BCUT2D eigenvalue weighted by Gasteiger charge is 2.27. The topological polar surface area (TPSA) is 212 Å². The van der Waals surface area contributed by atoms with Gasteiger partial charge in [0.15, 0.2) is 0 Å². The molecule has 0 radical (unpaired) electrons. The molecule has 0 fully saturated rings. The van der Waals surface area contributed by atoms with Crippen molar-refractivity contribution < 1.29 is 56.4 Å². The minimum absolute atomic E-state index is 0.0377. The van der Waals surface area contributed by atoms with Gasteiger partial charge in [-0.25, -0.2) is 0 Å². The van der Waals surface area contributed by atoms with Crippen LogP contribution in [0.4, 0.5) is 0 Å². The number of carbonyl (C=O) groups excluding carboxylic acids is 3. The fourth-order valence-electron chi connectivity index (χ4n) is 2.12. The maximum absolute atomic E-state index is 12.1. The van der Waals surface area contributed by atoms with Gasteiger partial charge >= 0.3 is 26.5 Å². The van der Waals surface area contributed by atoms with Gasteiger partial charge in [-0.15, -0.1) is 0 Å². The van der Waals surface area contributed by atoms with Crippen LogP contribution in [0.25, 0.3) is 0 Å². The van der Waals surface area contributed by atoms with Gasteiger partial charge in [0.05, 0.1) is 98.5 Å². The molecular formula is C21H42N3O12P. The Kier molecular flexibility index (Phi) is 26.4. The Morgan fingerprint density at radius 1 is 0.405 bits per heavy atom. The van der Waals surface area contributed by atoms with E-state index in [0.29, 0.717) is 59.3 Å². The summed E-state index contributed by atoms with van der Waals surface area (Å²) in [7, 11) is -2.61. The van der Waals surface area contributed by atoms with Gasteiger partial charge in [-0.05, 0) is 0 Å². The van der Waals surface area contributed by atoms with Crippen molar-refractivity contribution in [3.63, 3.8) is 0 Å². The zero-order valence-electron chi connectivity index (χ0n) is 21.3. The molecular weight excluding hydrogens is 517 g/mol. The molecule has 0 heterocycles. The summed E-state index contributed by atoms with van der Waals surface area (Å²) in [6, 6.07) is 0. The lowest BCUT2D eigenvalue weighted by molar-refractivity contribution is -0.143. The molecule has 0 unspecified atom stereocenters. The van der Waals surface area contributed by atoms with Gasteiger partial charge in [-0.2, -0.15) is 0 Å². The van der Waals surface area contributed by atoms with Crippen molar-refractivity contribution in [3.8, 4) is 0 Å². The first-order valence-corrected chi connectivity index (χ1v) is 13.1. The lowest BCUT2D eigenvalue weighted by atomic mass is 10.5. The molecule has 0 aromatic heterocycles. The van der Waals surface area contributed by atoms with Crippen LogP contribution >= 0.6 is 8.60 Å². The maximum atomic E-state index is 12.1. The molecule has 0 atom stereocenters. The number of nitrogens with two attached hydrogens (primary N) is 3. The van der Waals surface area contributed by atoms with E-state index in [-0.39, 0.29) is 58.9 Å². The average molecular weight is 560 g/mol. The van der Waals surface area contributed by atoms with Crippen molar-refractivity contribution >= 4 is 26.5 Å². The highest BCUT2D eigenvalue weighted by Crippen LogP contribution is 2.41. The van der Waals surface area contributed by atoms with Crippen LogP contribution in [0.5, 0.6) is 0 Å². The zero-order chi connectivity index (χ0) is 27.4. The van der Waals surface area contributed by atoms with Gasteiger partial charge in [0.1, 0.15) is 0 Å². The summed E-state index contributed by atoms with van der Waals surface area (Å²) < 4.78 is 46.3. The molecule has 0 saturated heterocycles. The van der Waals surface area contributed by atoms with E-state index < -0.39 is 26.5 Å². The molecule has 0 aromatic rings. The van der Waals surface area contributed by atoms with Gasteiger partial charge in [0, 0.05) is 19.6 Å². The predicted octanol–water partition coefficient (Wildman–Crippen LogP) is -1.01. The normalized spacial score (nSPS) is 11.0. The minimum Gasteiger partial charge on any atom is -0.378 e. The van der Waals surface area contributed by atoms with Gasteiger partial charge in [-0.3, -0.25) is 14.4 Å². The number of hydrogen-bond donors (Lipinski definition) is 3. The Hall–Kier alpha value is -1.52. The van der Waals surface area contributed by atoms with E-state index in [0.717, 1.165) is 0 Å². The molecule has 0 rings (SSSR count). The van der Waals surface area contributed by atoms with Crippen molar-refractivity contribution in [1.82, 2.24) is 0 Å². The van der Waals surface area contributed by atoms with E-state index in [4.69, 9.17) is 59.2 Å². The predicted molar refractivity (Wildman–Crippen MR) is 131 cm³/mol. The van der Waals surface area contributed by atoms with E-state index >= 15 is 0 Å². The second kappa shape index (κ2) is 27.5. The van der Waals surface area contributed by atoms with Crippen LogP contribution in [0.1, 0.15) is 19.3 Å². The van der Waals surface area contributed by atoms with Gasteiger partial charge < -0.3 is 59.2 Å². The Labute approximate surface area is 218 Å². The molecule has 37 heavy (non-hydrogen) atoms. The molecule has 0 saturated carbocycles. The fourth-order valence-corrected chi connectivity index (χ4v) is 3.01. The van der Waals surface area contributed by atoms with Crippen LogP contribution in [-0.4, -0.2) is 117 Å². The van der Waals surface area contributed by atoms with Crippen LogP contribution in [0.2, 0.25) is 0 Å². The number of carbonyl (C=O) groups is 3. The molecule has 6 N–H and O–H groups in total. The Balaban J connectivity index is 4.40. The third kappa shape index (κ3) is 25.9. The number of hydrogen-bond acceptors (Lipinski definition) is 15. The van der Waals surface area contributed by atoms with Crippen molar-refractivity contribution in [3.05, 3.63) is 0 Å². The largest absolute Gasteiger partial charge is 0.537 e. The van der Waals surface area contributed by atoms with Crippen molar-refractivity contribution in [1.29, 1.82) is 0 Å². The van der Waals surface area contributed by atoms with E-state index in [1.165, 1.54) is 0 Å². The minimum atomic E-state index is -2.61. The molecule has 0 bridgehead atoms. The van der Waals surface area contributed by atoms with Crippen LogP contribution < -0.4 is 17.2 Å². The third-order valence-electron chi connectivity index (χ3n) is 3.78. The molecule has 0 aliphatic rings. The quantitative estimate of drug-likeness (QED) is 0.0812. The summed E-state index contributed by atoms with van der Waals surface area (Å²) in [6.07, 6.45) is -0.450. The van der Waals surface area contributed by atoms with Crippen LogP contribution in [0.3, 0.4) is 0 Å². The second-order valence-electron chi connectivity index (χ2n) is 6.90. The maximum Gasteiger partial charge on any atom is 0.537 e. The molecule has 0 spiro atoms. The lowest BCUT2D eigenvalue weighted by Gasteiger charge is -2.15. The van der Waals surface area contributed by atoms with Gasteiger partial charge in [0.25, 0.3) is 0 Å². The highest BCUT2D eigenvalue weighted by atomic mass is 31.2. The first kappa shape index (κ1) is 35.5. The molecule has 0 aliphatic heterocycles. The van der Waals surface area contributed by atoms with Crippen molar-refractivity contribution in [2.24, 2.45) is 17.2 Å². The highest BCUT2D eigenvalue weighted by molar-refractivity contribution is 7.43. The Morgan fingerprint density at radius 2 is 0.649 bits per heavy atom. The smallest absolute Gasteiger partial charge is 0.378 e. The summed E-state index contributed by atoms with van der Waals surface area (Å²) in [4.78, 5) is 36.3. The second-order valence-corrected chi connectivity index (χ2v) is 7.90. The van der Waals surface area contributed by atoms with E-state index in [9.17, 15) is 14.4 Å². The van der Waals surface area contributed by atoms with Crippen LogP contribution in [-0.2, 0) is 56.4 Å². The standard InChI is InChI=1S/C21H42N3O12P/c22-4-10-31-16-13-28-7-1-19(25)34-37(35-20(26)2-8-29-14-17-32-11-5-23)36-21(27)3-9-30-15-18-33-12-6-24/h1-18,22-24H2. The summed E-state index contributed by atoms with van der Waals surface area (Å²) in [5, 5.41) is 0. The monoisotopic (exact) mass is 559 g/mol. The van der Waals surface area contributed by atoms with Gasteiger partial charge in [0.2, 0.25) is 0 Å². The van der Waals surface area contributed by atoms with Crippen LogP contribution in [0, 0.1) is 0 Å². The van der Waals surface area contributed by atoms with E-state index in [1.54, 1.807) is 0 Å². The number of rotatable bonds is 27. The van der Waals surface area contributed by atoms with Gasteiger partial charge in [-0.1, -0.05) is 0 Å². The zero-order valence-corrected chi connectivity index (χ0v) is 22.2. The summed E-state index contributed by atoms with van der Waals surface area (Å²) in [5.41, 5.74) is 15.9. The van der Waals surface area contributed by atoms with E-state index in [1.807, 2.05) is 0 Å². The third-order valence-corrected chi connectivity index (χ3v) is 4.84. The molecule has 16 heteroatoms. The van der Waals surface area contributed by atoms with Crippen LogP contribution in [0.15, 0.2) is 0 Å². The van der Waals surface area contributed by atoms with E-state index in [2.05, 4.69) is 0 Å². The molecule has 15 nitrogen and oxygen atoms in total. The number of ether oxygens (including phenoxy) is 6. The molecule has 0 aromatic carbocycles. The summed E-state index contributed by atoms with van der Waals surface area (Å²) >= 11 is 0. The summed E-state index contributed by atoms with van der Waals surface area (Å²) in [5.74, 6) is -2.30. The fraction of sp³-hybridized carbons (Fsp3) is 0.857. The SMILES string of the molecule is NCCOCCOCCC(=O)OP(OC(=O)CCOCCOCCN)OC(=O)CCOCCOCCN. The molecule has 218 valence electrons. The Bertz CT molecular complexity index is 501. The first-order chi connectivity index (χ1) is 18.0. The van der Waals surface area contributed by atoms with Crippen molar-refractivity contribution in [2.45, 2.75) is 19.3 Å². The first-order valence-electron chi connectivity index (χ1n) is 12.0. The summed E-state index contributed by atoms with van der Waals surface area (Å²) in [6.45, 7) is 4.33. The molecule has 0 aliphatic carbocycles. The average Bonchev–Trinajstić information content (AvgIpc) is 2.87. The van der Waals surface area contributed by atoms with Crippen molar-refractivity contribution in [2.75, 3.05) is 98.9 Å². The molecule has 0 amide bonds. The Morgan fingerprint density at radius 3 is 0.892 bits per heavy atom. The lowest BCUT2D eigenvalue weighted by Crippen LogP contribution is -2.16.